The van der Waals surface area contributed by atoms with Gasteiger partial charge in [0.05, 0.1) is 13.1 Å². The molecule has 0 saturated heterocycles. The molecule has 0 spiro atoms. The Morgan fingerprint density at radius 1 is 0.958 bits per heavy atom. The number of benzene rings is 2. The minimum absolute atomic E-state index is 0.328. The van der Waals surface area contributed by atoms with Gasteiger partial charge in [-0.3, -0.25) is 4.90 Å². The summed E-state index contributed by atoms with van der Waals surface area (Å²) in [5, 5.41) is 0. The molecule has 0 saturated carbocycles. The van der Waals surface area contributed by atoms with Crippen molar-refractivity contribution in [2.24, 2.45) is 0 Å². The summed E-state index contributed by atoms with van der Waals surface area (Å²) in [4.78, 5) is 22.1. The highest BCUT2D eigenvalue weighted by molar-refractivity contribution is 5.75. The zero-order valence-corrected chi connectivity index (χ0v) is 12.9. The SMILES string of the molecule is O=C1Oc2ccc(-c3ccccc3)cc2CN1Cc1ncccn1. The minimum atomic E-state index is -0.373. The van der Waals surface area contributed by atoms with E-state index < -0.39 is 0 Å². The molecule has 0 N–H and O–H groups in total. The highest BCUT2D eigenvalue weighted by Gasteiger charge is 2.25. The zero-order valence-electron chi connectivity index (χ0n) is 12.9. The second-order valence-electron chi connectivity index (χ2n) is 5.58. The first-order valence-corrected chi connectivity index (χ1v) is 7.70. The fourth-order valence-electron chi connectivity index (χ4n) is 2.74. The van der Waals surface area contributed by atoms with Gasteiger partial charge in [-0.1, -0.05) is 36.4 Å². The van der Waals surface area contributed by atoms with Crippen LogP contribution in [-0.4, -0.2) is 21.0 Å². The van der Waals surface area contributed by atoms with E-state index in [4.69, 9.17) is 4.74 Å². The molecule has 1 aliphatic rings. The smallest absolute Gasteiger partial charge is 0.410 e. The van der Waals surface area contributed by atoms with Crippen LogP contribution in [-0.2, 0) is 13.1 Å². The Bertz CT molecular complexity index is 866. The summed E-state index contributed by atoms with van der Waals surface area (Å²) < 4.78 is 5.44. The van der Waals surface area contributed by atoms with E-state index >= 15 is 0 Å². The second-order valence-corrected chi connectivity index (χ2v) is 5.58. The van der Waals surface area contributed by atoms with Crippen LogP contribution >= 0.6 is 0 Å². The van der Waals surface area contributed by atoms with Gasteiger partial charge in [0, 0.05) is 18.0 Å². The molecular weight excluding hydrogens is 302 g/mol. The molecule has 0 aliphatic carbocycles. The maximum atomic E-state index is 12.2. The molecule has 2 aromatic carbocycles. The first-order chi connectivity index (χ1) is 11.8. The fraction of sp³-hybridized carbons (Fsp3) is 0.105. The van der Waals surface area contributed by atoms with E-state index in [1.807, 2.05) is 30.3 Å². The number of hydrogen-bond acceptors (Lipinski definition) is 4. The molecule has 0 bridgehead atoms. The van der Waals surface area contributed by atoms with Crippen LogP contribution in [0.5, 0.6) is 5.75 Å². The van der Waals surface area contributed by atoms with E-state index in [0.29, 0.717) is 24.7 Å². The maximum Gasteiger partial charge on any atom is 0.415 e. The normalized spacial score (nSPS) is 13.3. The summed E-state index contributed by atoms with van der Waals surface area (Å²) in [6.45, 7) is 0.807. The number of rotatable bonds is 3. The van der Waals surface area contributed by atoms with E-state index in [-0.39, 0.29) is 6.09 Å². The van der Waals surface area contributed by atoms with Crippen molar-refractivity contribution in [3.63, 3.8) is 0 Å². The van der Waals surface area contributed by atoms with Crippen LogP contribution in [0.2, 0.25) is 0 Å². The summed E-state index contributed by atoms with van der Waals surface area (Å²) in [5.74, 6) is 1.21. The number of amides is 1. The number of ether oxygens (including phenoxy) is 1. The summed E-state index contributed by atoms with van der Waals surface area (Å²) >= 11 is 0. The average Bonchev–Trinajstić information content (AvgIpc) is 2.64. The molecule has 5 nitrogen and oxygen atoms in total. The van der Waals surface area contributed by atoms with Crippen LogP contribution in [0.1, 0.15) is 11.4 Å². The maximum absolute atomic E-state index is 12.2. The Hall–Kier alpha value is -3.21. The quantitative estimate of drug-likeness (QED) is 0.740. The van der Waals surface area contributed by atoms with E-state index in [0.717, 1.165) is 16.7 Å². The third-order valence-electron chi connectivity index (χ3n) is 3.94. The molecule has 1 aliphatic heterocycles. The van der Waals surface area contributed by atoms with E-state index in [1.165, 1.54) is 0 Å². The van der Waals surface area contributed by atoms with Crippen molar-refractivity contribution in [3.05, 3.63) is 78.4 Å². The average molecular weight is 317 g/mol. The zero-order chi connectivity index (χ0) is 16.4. The Balaban J connectivity index is 1.61. The lowest BCUT2D eigenvalue weighted by molar-refractivity contribution is 0.134. The Morgan fingerprint density at radius 3 is 2.54 bits per heavy atom. The lowest BCUT2D eigenvalue weighted by Crippen LogP contribution is -2.36. The van der Waals surface area contributed by atoms with Crippen molar-refractivity contribution in [1.82, 2.24) is 14.9 Å². The molecule has 3 aromatic rings. The van der Waals surface area contributed by atoms with E-state index in [2.05, 4.69) is 28.2 Å². The van der Waals surface area contributed by atoms with Gasteiger partial charge in [-0.15, -0.1) is 0 Å². The number of fused-ring (bicyclic) bond motifs is 1. The van der Waals surface area contributed by atoms with Crippen molar-refractivity contribution in [1.29, 1.82) is 0 Å². The summed E-state index contributed by atoms with van der Waals surface area (Å²) in [6, 6.07) is 17.8. The third-order valence-corrected chi connectivity index (χ3v) is 3.94. The molecule has 5 heteroatoms. The van der Waals surface area contributed by atoms with E-state index in [1.54, 1.807) is 23.4 Å². The van der Waals surface area contributed by atoms with Crippen LogP contribution in [0.25, 0.3) is 11.1 Å². The molecule has 0 unspecified atom stereocenters. The van der Waals surface area contributed by atoms with E-state index in [9.17, 15) is 4.79 Å². The van der Waals surface area contributed by atoms with Gasteiger partial charge in [0.2, 0.25) is 0 Å². The number of nitrogens with zero attached hydrogens (tertiary/aromatic N) is 3. The van der Waals surface area contributed by atoms with Crippen LogP contribution < -0.4 is 4.74 Å². The van der Waals surface area contributed by atoms with Gasteiger partial charge >= 0.3 is 6.09 Å². The summed E-state index contributed by atoms with van der Waals surface area (Å²) in [6.07, 6.45) is 2.96. The van der Waals surface area contributed by atoms with Crippen molar-refractivity contribution in [2.75, 3.05) is 0 Å². The highest BCUT2D eigenvalue weighted by Crippen LogP contribution is 2.31. The standard InChI is InChI=1S/C19H15N3O2/c23-19-22(13-18-20-9-4-10-21-18)12-16-11-15(7-8-17(16)24-19)14-5-2-1-3-6-14/h1-11H,12-13H2. The van der Waals surface area contributed by atoms with Gasteiger partial charge in [-0.25, -0.2) is 14.8 Å². The third kappa shape index (κ3) is 2.84. The van der Waals surface area contributed by atoms with Gasteiger partial charge in [0.1, 0.15) is 11.6 Å². The van der Waals surface area contributed by atoms with Crippen LogP contribution in [0, 0.1) is 0 Å². The summed E-state index contributed by atoms with van der Waals surface area (Å²) in [7, 11) is 0. The van der Waals surface area contributed by atoms with Gasteiger partial charge in [-0.05, 0) is 29.3 Å². The molecule has 1 amide bonds. The van der Waals surface area contributed by atoms with Crippen molar-refractivity contribution in [2.45, 2.75) is 13.1 Å². The van der Waals surface area contributed by atoms with Gasteiger partial charge in [0.15, 0.2) is 0 Å². The Kier molecular flexibility index (Phi) is 3.67. The lowest BCUT2D eigenvalue weighted by atomic mass is 10.0. The van der Waals surface area contributed by atoms with Gasteiger partial charge in [0.25, 0.3) is 0 Å². The fourth-order valence-corrected chi connectivity index (χ4v) is 2.74. The predicted molar refractivity (Wildman–Crippen MR) is 89.2 cm³/mol. The highest BCUT2D eigenvalue weighted by atomic mass is 16.6. The number of carbonyl (C=O) groups excluding carboxylic acids is 1. The first kappa shape index (κ1) is 14.4. The molecular formula is C19H15N3O2. The van der Waals surface area contributed by atoms with Crippen molar-refractivity contribution in [3.8, 4) is 16.9 Å². The molecule has 1 aromatic heterocycles. The first-order valence-electron chi connectivity index (χ1n) is 7.70. The Labute approximate surface area is 139 Å². The largest absolute Gasteiger partial charge is 0.415 e. The Morgan fingerprint density at radius 2 is 1.75 bits per heavy atom. The van der Waals surface area contributed by atoms with Crippen LogP contribution in [0.3, 0.4) is 0 Å². The monoisotopic (exact) mass is 317 g/mol. The minimum Gasteiger partial charge on any atom is -0.410 e. The van der Waals surface area contributed by atoms with Crippen LogP contribution in [0.4, 0.5) is 4.79 Å². The predicted octanol–water partition coefficient (Wildman–Crippen LogP) is 3.66. The number of hydrogen-bond donors (Lipinski definition) is 0. The molecule has 0 fully saturated rings. The summed E-state index contributed by atoms with van der Waals surface area (Å²) in [5.41, 5.74) is 3.21. The molecule has 2 heterocycles. The van der Waals surface area contributed by atoms with Crippen LogP contribution in [0.15, 0.2) is 67.0 Å². The number of carbonyl (C=O) groups is 1. The second kappa shape index (κ2) is 6.12. The molecule has 0 atom stereocenters. The lowest BCUT2D eigenvalue weighted by Gasteiger charge is -2.27. The number of aromatic nitrogens is 2. The van der Waals surface area contributed by atoms with Gasteiger partial charge in [-0.2, -0.15) is 0 Å². The van der Waals surface area contributed by atoms with Crippen molar-refractivity contribution >= 4 is 6.09 Å². The molecule has 0 radical (unpaired) electrons. The van der Waals surface area contributed by atoms with Crippen molar-refractivity contribution < 1.29 is 9.53 Å². The molecule has 24 heavy (non-hydrogen) atoms. The van der Waals surface area contributed by atoms with Gasteiger partial charge < -0.3 is 4.74 Å². The molecule has 118 valence electrons. The topological polar surface area (TPSA) is 55.3 Å². The molecule has 4 rings (SSSR count).